The van der Waals surface area contributed by atoms with Crippen molar-refractivity contribution in [3.8, 4) is 0 Å². The molecule has 0 atom stereocenters. The molecule has 0 unspecified atom stereocenters. The third kappa shape index (κ3) is 5.17. The van der Waals surface area contributed by atoms with E-state index in [2.05, 4.69) is 93.0 Å². The Morgan fingerprint density at radius 2 is 1.65 bits per heavy atom. The lowest BCUT2D eigenvalue weighted by atomic mass is 10.1. The molecule has 0 N–H and O–H groups in total. The maximum absolute atomic E-state index is 4.26. The summed E-state index contributed by atoms with van der Waals surface area (Å²) in [6.45, 7) is 7.38. The normalized spacial score (nSPS) is 10.4. The fraction of sp³-hybridized carbons (Fsp3) is 0.333. The maximum Gasteiger partial charge on any atom is 0.0363 e. The van der Waals surface area contributed by atoms with Gasteiger partial charge in [0, 0.05) is 45.5 Å². The topological polar surface area (TPSA) is 6.48 Å². The lowest BCUT2D eigenvalue weighted by Gasteiger charge is -2.22. The number of hydrogen-bond donors (Lipinski definition) is 0. The summed E-state index contributed by atoms with van der Waals surface area (Å²) in [5.41, 5.74) is 6.39. The molecule has 2 rings (SSSR count). The van der Waals surface area contributed by atoms with Crippen LogP contribution in [0.5, 0.6) is 0 Å². The van der Waals surface area contributed by atoms with Crippen LogP contribution in [0.4, 0.5) is 5.69 Å². The van der Waals surface area contributed by atoms with Gasteiger partial charge in [0.05, 0.1) is 0 Å². The van der Waals surface area contributed by atoms with Crippen molar-refractivity contribution < 1.29 is 0 Å². The minimum atomic E-state index is 0.895. The summed E-state index contributed by atoms with van der Waals surface area (Å²) in [6.07, 6.45) is 1.94. The second-order valence-corrected chi connectivity index (χ2v) is 6.46. The predicted octanol–water partition coefficient (Wildman–Crippen LogP) is 4.29. The predicted molar refractivity (Wildman–Crippen MR) is 101 cm³/mol. The number of likely N-dealkylation sites (N-methyl/N-ethyl adjacent to an activating group) is 1. The van der Waals surface area contributed by atoms with E-state index >= 15 is 0 Å². The molecule has 0 radical (unpaired) electrons. The van der Waals surface area contributed by atoms with Crippen LogP contribution in [0, 0.1) is 6.92 Å². The van der Waals surface area contributed by atoms with Crippen molar-refractivity contribution in [2.24, 2.45) is 0 Å². The SMILES string of the molecule is C=C(Cc1cccc(N(C)C)c1)N(C)CCc1ccc(C)cc1. The lowest BCUT2D eigenvalue weighted by Crippen LogP contribution is -2.21. The summed E-state index contributed by atoms with van der Waals surface area (Å²) in [5.74, 6) is 0. The molecule has 0 saturated heterocycles. The van der Waals surface area contributed by atoms with Gasteiger partial charge in [-0.3, -0.25) is 0 Å². The van der Waals surface area contributed by atoms with Crippen LogP contribution in [0.2, 0.25) is 0 Å². The van der Waals surface area contributed by atoms with Crippen LogP contribution in [-0.2, 0) is 12.8 Å². The Bertz CT molecular complexity index is 641. The highest BCUT2D eigenvalue weighted by atomic mass is 15.1. The van der Waals surface area contributed by atoms with Gasteiger partial charge in [-0.05, 0) is 36.6 Å². The van der Waals surface area contributed by atoms with Gasteiger partial charge in [0.15, 0.2) is 0 Å². The average molecular weight is 308 g/mol. The van der Waals surface area contributed by atoms with E-state index in [1.807, 2.05) is 0 Å². The van der Waals surface area contributed by atoms with Crippen molar-refractivity contribution in [3.05, 3.63) is 77.5 Å². The number of aryl methyl sites for hydroxylation is 1. The van der Waals surface area contributed by atoms with E-state index in [9.17, 15) is 0 Å². The Morgan fingerprint density at radius 1 is 0.957 bits per heavy atom. The molecule has 0 saturated carbocycles. The third-order valence-corrected chi connectivity index (χ3v) is 4.23. The Balaban J connectivity index is 1.89. The molecule has 0 bridgehead atoms. The van der Waals surface area contributed by atoms with Gasteiger partial charge in [-0.2, -0.15) is 0 Å². The second kappa shape index (κ2) is 7.87. The molecule has 23 heavy (non-hydrogen) atoms. The monoisotopic (exact) mass is 308 g/mol. The highest BCUT2D eigenvalue weighted by Gasteiger charge is 2.05. The minimum absolute atomic E-state index is 0.895. The smallest absolute Gasteiger partial charge is 0.0363 e. The molecule has 0 spiro atoms. The molecule has 2 aromatic carbocycles. The quantitative estimate of drug-likeness (QED) is 0.753. The summed E-state index contributed by atoms with van der Waals surface area (Å²) < 4.78 is 0. The van der Waals surface area contributed by atoms with Gasteiger partial charge < -0.3 is 9.80 Å². The number of benzene rings is 2. The van der Waals surface area contributed by atoms with Crippen LogP contribution >= 0.6 is 0 Å². The number of anilines is 1. The Hall–Kier alpha value is -2.22. The first-order valence-corrected chi connectivity index (χ1v) is 8.16. The zero-order chi connectivity index (χ0) is 16.8. The van der Waals surface area contributed by atoms with Crippen molar-refractivity contribution in [3.63, 3.8) is 0 Å². The molecular formula is C21H28N2. The van der Waals surface area contributed by atoms with Crippen molar-refractivity contribution in [1.82, 2.24) is 4.90 Å². The molecule has 0 heterocycles. The first kappa shape index (κ1) is 17.1. The summed E-state index contributed by atoms with van der Waals surface area (Å²) in [5, 5.41) is 0. The van der Waals surface area contributed by atoms with Gasteiger partial charge in [0.2, 0.25) is 0 Å². The molecule has 0 aliphatic carbocycles. The van der Waals surface area contributed by atoms with Crippen molar-refractivity contribution in [2.45, 2.75) is 19.8 Å². The van der Waals surface area contributed by atoms with Gasteiger partial charge in [-0.25, -0.2) is 0 Å². The van der Waals surface area contributed by atoms with Crippen LogP contribution in [0.25, 0.3) is 0 Å². The van der Waals surface area contributed by atoms with Crippen LogP contribution in [0.1, 0.15) is 16.7 Å². The molecule has 0 aliphatic heterocycles. The van der Waals surface area contributed by atoms with E-state index in [4.69, 9.17) is 0 Å². The van der Waals surface area contributed by atoms with Gasteiger partial charge in [0.25, 0.3) is 0 Å². The number of hydrogen-bond acceptors (Lipinski definition) is 2. The van der Waals surface area contributed by atoms with E-state index in [0.29, 0.717) is 0 Å². The molecular weight excluding hydrogens is 280 g/mol. The van der Waals surface area contributed by atoms with Gasteiger partial charge in [0.1, 0.15) is 0 Å². The number of allylic oxidation sites excluding steroid dienone is 1. The summed E-state index contributed by atoms with van der Waals surface area (Å²) in [4.78, 5) is 4.40. The molecule has 0 amide bonds. The molecule has 0 aliphatic rings. The Kier molecular flexibility index (Phi) is 5.86. The zero-order valence-electron chi connectivity index (χ0n) is 14.8. The standard InChI is InChI=1S/C21H28N2/c1-17-9-11-19(12-10-17)13-14-23(5)18(2)15-20-7-6-8-21(16-20)22(3)4/h6-12,16H,2,13-15H2,1,3-5H3. The number of rotatable bonds is 7. The lowest BCUT2D eigenvalue weighted by molar-refractivity contribution is 0.414. The van der Waals surface area contributed by atoms with E-state index in [-0.39, 0.29) is 0 Å². The van der Waals surface area contributed by atoms with E-state index < -0.39 is 0 Å². The summed E-state index contributed by atoms with van der Waals surface area (Å²) >= 11 is 0. The van der Waals surface area contributed by atoms with E-state index in [0.717, 1.165) is 25.1 Å². The van der Waals surface area contributed by atoms with E-state index in [1.54, 1.807) is 0 Å². The van der Waals surface area contributed by atoms with Crippen LogP contribution < -0.4 is 4.90 Å². The molecule has 0 fully saturated rings. The Labute approximate surface area is 141 Å². The summed E-state index contributed by atoms with van der Waals surface area (Å²) in [7, 11) is 6.27. The highest BCUT2D eigenvalue weighted by Crippen LogP contribution is 2.17. The summed E-state index contributed by atoms with van der Waals surface area (Å²) in [6, 6.07) is 17.4. The maximum atomic E-state index is 4.26. The first-order chi connectivity index (χ1) is 11.0. The van der Waals surface area contributed by atoms with Crippen molar-refractivity contribution >= 4 is 5.69 Å². The largest absolute Gasteiger partial charge is 0.378 e. The zero-order valence-corrected chi connectivity index (χ0v) is 14.8. The average Bonchev–Trinajstić information content (AvgIpc) is 2.54. The van der Waals surface area contributed by atoms with Gasteiger partial charge in [-0.15, -0.1) is 0 Å². The Morgan fingerprint density at radius 3 is 2.30 bits per heavy atom. The van der Waals surface area contributed by atoms with Crippen LogP contribution in [-0.4, -0.2) is 32.6 Å². The molecule has 0 aromatic heterocycles. The van der Waals surface area contributed by atoms with Gasteiger partial charge >= 0.3 is 0 Å². The fourth-order valence-electron chi connectivity index (χ4n) is 2.52. The van der Waals surface area contributed by atoms with Crippen LogP contribution in [0.15, 0.2) is 60.8 Å². The third-order valence-electron chi connectivity index (χ3n) is 4.23. The highest BCUT2D eigenvalue weighted by molar-refractivity contribution is 5.47. The molecule has 2 nitrogen and oxygen atoms in total. The van der Waals surface area contributed by atoms with Crippen LogP contribution in [0.3, 0.4) is 0 Å². The molecule has 122 valence electrons. The first-order valence-electron chi connectivity index (χ1n) is 8.16. The van der Waals surface area contributed by atoms with E-state index in [1.165, 1.54) is 22.4 Å². The number of nitrogens with zero attached hydrogens (tertiary/aromatic N) is 2. The molecule has 2 heteroatoms. The second-order valence-electron chi connectivity index (χ2n) is 6.46. The van der Waals surface area contributed by atoms with Gasteiger partial charge in [-0.1, -0.05) is 48.5 Å². The minimum Gasteiger partial charge on any atom is -0.378 e. The fourth-order valence-corrected chi connectivity index (χ4v) is 2.52. The molecule has 2 aromatic rings. The van der Waals surface area contributed by atoms with Crippen molar-refractivity contribution in [2.75, 3.05) is 32.6 Å². The van der Waals surface area contributed by atoms with Crippen molar-refractivity contribution in [1.29, 1.82) is 0 Å².